The standard InChI is InChI=1S/C8H10/c1-7(2)6-8-4-3-5-8/h3-6H,1-2H3. The maximum atomic E-state index is 2.17. The van der Waals surface area contributed by atoms with Crippen molar-refractivity contribution >= 4 is 0 Å². The summed E-state index contributed by atoms with van der Waals surface area (Å²) < 4.78 is 0. The van der Waals surface area contributed by atoms with Crippen LogP contribution in [0.25, 0.3) is 0 Å². The molecule has 0 saturated carbocycles. The highest BCUT2D eigenvalue weighted by Crippen LogP contribution is 2.10. The van der Waals surface area contributed by atoms with Gasteiger partial charge in [0.25, 0.3) is 0 Å². The minimum atomic E-state index is 1.34. The minimum absolute atomic E-state index is 1.34. The monoisotopic (exact) mass is 106 g/mol. The van der Waals surface area contributed by atoms with E-state index in [1.54, 1.807) is 0 Å². The molecule has 0 nitrogen and oxygen atoms in total. The van der Waals surface area contributed by atoms with Crippen LogP contribution in [0.3, 0.4) is 0 Å². The minimum Gasteiger partial charge on any atom is -0.0758 e. The fourth-order valence-electron chi connectivity index (χ4n) is 0.637. The van der Waals surface area contributed by atoms with Crippen LogP contribution in [0.5, 0.6) is 0 Å². The summed E-state index contributed by atoms with van der Waals surface area (Å²) in [4.78, 5) is 0. The van der Waals surface area contributed by atoms with Crippen molar-refractivity contribution in [1.29, 1.82) is 0 Å². The number of rotatable bonds is 1. The summed E-state index contributed by atoms with van der Waals surface area (Å²) in [7, 11) is 0. The summed E-state index contributed by atoms with van der Waals surface area (Å²) in [5, 5.41) is 0. The molecule has 0 unspecified atom stereocenters. The average Bonchev–Trinajstić information content (AvgIpc) is 1.55. The third kappa shape index (κ3) is 1.09. The van der Waals surface area contributed by atoms with Gasteiger partial charge in [-0.15, -0.1) is 0 Å². The first-order valence-electron chi connectivity index (χ1n) is 2.82. The quantitative estimate of drug-likeness (QED) is 0.481. The van der Waals surface area contributed by atoms with E-state index in [1.165, 1.54) is 11.1 Å². The van der Waals surface area contributed by atoms with E-state index in [2.05, 4.69) is 38.2 Å². The molecule has 0 heteroatoms. The Bertz CT molecular complexity index is 164. The van der Waals surface area contributed by atoms with Gasteiger partial charge in [0.1, 0.15) is 0 Å². The van der Waals surface area contributed by atoms with Crippen LogP contribution >= 0.6 is 0 Å². The van der Waals surface area contributed by atoms with Gasteiger partial charge >= 0.3 is 0 Å². The van der Waals surface area contributed by atoms with Gasteiger partial charge in [-0.1, -0.05) is 29.9 Å². The second-order valence-corrected chi connectivity index (χ2v) is 2.25. The van der Waals surface area contributed by atoms with Gasteiger partial charge in [-0.05, 0) is 19.4 Å². The zero-order chi connectivity index (χ0) is 5.98. The number of hydrogen-bond donors (Lipinski definition) is 0. The van der Waals surface area contributed by atoms with Gasteiger partial charge in [-0.25, -0.2) is 0 Å². The highest BCUT2D eigenvalue weighted by molar-refractivity contribution is 5.44. The molecule has 42 valence electrons. The van der Waals surface area contributed by atoms with Crippen LogP contribution in [0, 0.1) is 0 Å². The lowest BCUT2D eigenvalue weighted by atomic mass is 10.1. The zero-order valence-corrected chi connectivity index (χ0v) is 5.31. The zero-order valence-electron chi connectivity index (χ0n) is 5.31. The normalized spacial score (nSPS) is 14.5. The summed E-state index contributed by atoms with van der Waals surface area (Å²) in [5.41, 5.74) is 2.70. The van der Waals surface area contributed by atoms with Crippen LogP contribution in [0.2, 0.25) is 0 Å². The molecule has 0 aromatic carbocycles. The van der Waals surface area contributed by atoms with E-state index >= 15 is 0 Å². The molecule has 0 amide bonds. The van der Waals surface area contributed by atoms with Crippen molar-refractivity contribution in [2.45, 2.75) is 13.8 Å². The summed E-state index contributed by atoms with van der Waals surface area (Å²) >= 11 is 0. The lowest BCUT2D eigenvalue weighted by Gasteiger charge is -1.99. The summed E-state index contributed by atoms with van der Waals surface area (Å²) in [5.74, 6) is 0. The molecule has 0 atom stereocenters. The first-order chi connectivity index (χ1) is 3.79. The lowest BCUT2D eigenvalue weighted by Crippen LogP contribution is -1.79. The maximum Gasteiger partial charge on any atom is -0.0257 e. The van der Waals surface area contributed by atoms with E-state index in [0.29, 0.717) is 0 Å². The average molecular weight is 106 g/mol. The van der Waals surface area contributed by atoms with Crippen LogP contribution in [0.4, 0.5) is 0 Å². The first kappa shape index (κ1) is 5.36. The molecule has 0 aromatic heterocycles. The van der Waals surface area contributed by atoms with Gasteiger partial charge in [0, 0.05) is 0 Å². The Morgan fingerprint density at radius 2 is 2.12 bits per heavy atom. The molecule has 1 aliphatic rings. The molecular formula is C8H10. The van der Waals surface area contributed by atoms with Crippen molar-refractivity contribution in [3.8, 4) is 0 Å². The summed E-state index contributed by atoms with van der Waals surface area (Å²) in [6.45, 7) is 4.21. The predicted octanol–water partition coefficient (Wildman–Crippen LogP) is 2.45. The van der Waals surface area contributed by atoms with Crippen molar-refractivity contribution in [3.63, 3.8) is 0 Å². The third-order valence-corrected chi connectivity index (χ3v) is 1.03. The fraction of sp³-hybridized carbons (Fsp3) is 0.250. The smallest absolute Gasteiger partial charge is 0.0257 e. The van der Waals surface area contributed by atoms with E-state index in [1.807, 2.05) is 0 Å². The van der Waals surface area contributed by atoms with Crippen LogP contribution in [-0.2, 0) is 0 Å². The summed E-state index contributed by atoms with van der Waals surface area (Å²) in [6, 6.07) is 0. The highest BCUT2D eigenvalue weighted by atomic mass is 14.0. The van der Waals surface area contributed by atoms with Gasteiger partial charge in [0.2, 0.25) is 0 Å². The lowest BCUT2D eigenvalue weighted by molar-refractivity contribution is 1.37. The Kier molecular flexibility index (Phi) is 1.34. The number of hydrogen-bond acceptors (Lipinski definition) is 0. The Labute approximate surface area is 50.2 Å². The van der Waals surface area contributed by atoms with Crippen LogP contribution in [0.1, 0.15) is 13.8 Å². The second kappa shape index (κ2) is 1.99. The molecule has 0 spiro atoms. The van der Waals surface area contributed by atoms with Crippen molar-refractivity contribution in [3.05, 3.63) is 35.5 Å². The number of allylic oxidation sites excluding steroid dienone is 6. The molecule has 0 bridgehead atoms. The topological polar surface area (TPSA) is 0 Å². The van der Waals surface area contributed by atoms with Crippen LogP contribution < -0.4 is 0 Å². The molecule has 0 aromatic rings. The molecule has 0 radical (unpaired) electrons. The third-order valence-electron chi connectivity index (χ3n) is 1.03. The van der Waals surface area contributed by atoms with Crippen molar-refractivity contribution in [2.75, 3.05) is 0 Å². The van der Waals surface area contributed by atoms with Crippen LogP contribution in [-0.4, -0.2) is 0 Å². The van der Waals surface area contributed by atoms with E-state index in [4.69, 9.17) is 0 Å². The van der Waals surface area contributed by atoms with Gasteiger partial charge in [0.15, 0.2) is 0 Å². The van der Waals surface area contributed by atoms with E-state index in [0.717, 1.165) is 0 Å². The Morgan fingerprint density at radius 3 is 2.25 bits per heavy atom. The Morgan fingerprint density at radius 1 is 1.50 bits per heavy atom. The SMILES string of the molecule is CC(C)=CC1=CC=C1. The molecule has 0 aliphatic heterocycles. The van der Waals surface area contributed by atoms with Crippen LogP contribution in [0.15, 0.2) is 35.5 Å². The van der Waals surface area contributed by atoms with Gasteiger partial charge in [-0.2, -0.15) is 0 Å². The fourth-order valence-corrected chi connectivity index (χ4v) is 0.637. The predicted molar refractivity (Wildman–Crippen MR) is 36.7 cm³/mol. The first-order valence-corrected chi connectivity index (χ1v) is 2.82. The highest BCUT2D eigenvalue weighted by Gasteiger charge is 1.90. The maximum absolute atomic E-state index is 2.17. The van der Waals surface area contributed by atoms with Gasteiger partial charge < -0.3 is 0 Å². The Hall–Kier alpha value is -0.780. The van der Waals surface area contributed by atoms with E-state index < -0.39 is 0 Å². The van der Waals surface area contributed by atoms with Crippen molar-refractivity contribution in [1.82, 2.24) is 0 Å². The largest absolute Gasteiger partial charge is 0.0758 e. The molecular weight excluding hydrogens is 96.1 g/mol. The molecule has 1 aliphatic carbocycles. The van der Waals surface area contributed by atoms with Gasteiger partial charge in [-0.3, -0.25) is 0 Å². The summed E-state index contributed by atoms with van der Waals surface area (Å²) in [6.07, 6.45) is 8.43. The van der Waals surface area contributed by atoms with E-state index in [9.17, 15) is 0 Å². The van der Waals surface area contributed by atoms with Crippen molar-refractivity contribution < 1.29 is 0 Å². The van der Waals surface area contributed by atoms with E-state index in [-0.39, 0.29) is 0 Å². The molecule has 1 rings (SSSR count). The van der Waals surface area contributed by atoms with Gasteiger partial charge in [0.05, 0.1) is 0 Å². The second-order valence-electron chi connectivity index (χ2n) is 2.25. The molecule has 0 saturated heterocycles. The molecule has 0 N–H and O–H groups in total. The molecule has 0 fully saturated rings. The molecule has 8 heavy (non-hydrogen) atoms. The molecule has 0 heterocycles. The van der Waals surface area contributed by atoms with Crippen molar-refractivity contribution in [2.24, 2.45) is 0 Å². The Balaban J connectivity index is 2.52.